The molecule has 2 aromatic rings. The van der Waals surface area contributed by atoms with E-state index >= 15 is 0 Å². The number of Topliss-reactive ketones (excluding diaryl/α,β-unsaturated/α-hetero) is 1. The van der Waals surface area contributed by atoms with Crippen LogP contribution < -0.4 is 10.6 Å². The van der Waals surface area contributed by atoms with Gasteiger partial charge in [0.15, 0.2) is 11.5 Å². The molecule has 2 aliphatic rings. The molecule has 1 aliphatic carbocycles. The molecular weight excluding hydrogens is 543 g/mol. The summed E-state index contributed by atoms with van der Waals surface area (Å²) in [6, 6.07) is 4.32. The molecular formula is C21H18ClFN2O9S2. The third-order valence-electron chi connectivity index (χ3n) is 5.04. The number of urea groups is 1. The van der Waals surface area contributed by atoms with Crippen molar-refractivity contribution in [2.75, 3.05) is 17.8 Å². The highest BCUT2D eigenvalue weighted by molar-refractivity contribution is 7.85. The normalized spacial score (nSPS) is 19.7. The summed E-state index contributed by atoms with van der Waals surface area (Å²) in [5.41, 5.74) is 5.23. The summed E-state index contributed by atoms with van der Waals surface area (Å²) in [5, 5.41) is 10.4. The van der Waals surface area contributed by atoms with Gasteiger partial charge in [0.25, 0.3) is 16.0 Å². The van der Waals surface area contributed by atoms with Gasteiger partial charge >= 0.3 is 12.0 Å². The second kappa shape index (κ2) is 10.3. The summed E-state index contributed by atoms with van der Waals surface area (Å²) >= 11 is 7.02. The average molecular weight is 561 g/mol. The molecule has 0 saturated heterocycles. The molecule has 1 aliphatic heterocycles. The van der Waals surface area contributed by atoms with Gasteiger partial charge in [-0.15, -0.1) is 11.3 Å². The zero-order valence-corrected chi connectivity index (χ0v) is 20.7. The molecule has 0 radical (unpaired) electrons. The number of ether oxygens (including phenoxy) is 1. The van der Waals surface area contributed by atoms with Crippen molar-refractivity contribution >= 4 is 73.8 Å². The van der Waals surface area contributed by atoms with Gasteiger partial charge in [-0.1, -0.05) is 17.7 Å². The standard InChI is InChI=1S/C20H14ClFN2O6S.CH4O3S/c21-11-6-13-10(5-12(11)22)16(18(26)24(13)20(23)29)17(15-2-1-3-31-15)30-7-14(25)8-4-9(8)19(27)28;1-5(2,3)4/h1-3,5-6,8-9H,4,7H2,(H2,23,29)(H,27,28);1H3,(H,2,3,4)/t8-,9-;/m1./s1. The highest BCUT2D eigenvalue weighted by Crippen LogP contribution is 2.44. The van der Waals surface area contributed by atoms with E-state index in [0.717, 1.165) is 12.1 Å². The number of rotatable bonds is 6. The van der Waals surface area contributed by atoms with Crippen molar-refractivity contribution in [3.8, 4) is 0 Å². The van der Waals surface area contributed by atoms with Gasteiger partial charge in [0.05, 0.1) is 33.3 Å². The first-order chi connectivity index (χ1) is 16.7. The third kappa shape index (κ3) is 6.07. The number of aliphatic carboxylic acids is 1. The van der Waals surface area contributed by atoms with Crippen LogP contribution in [-0.4, -0.2) is 54.6 Å². The van der Waals surface area contributed by atoms with E-state index in [1.807, 2.05) is 0 Å². The summed E-state index contributed by atoms with van der Waals surface area (Å²) in [6.45, 7) is -0.486. The van der Waals surface area contributed by atoms with Gasteiger partial charge in [-0.2, -0.15) is 8.42 Å². The summed E-state index contributed by atoms with van der Waals surface area (Å²) in [7, 11) is -3.67. The largest absolute Gasteiger partial charge is 0.483 e. The Hall–Kier alpha value is -3.33. The Morgan fingerprint density at radius 3 is 2.44 bits per heavy atom. The minimum atomic E-state index is -3.67. The van der Waals surface area contributed by atoms with Crippen LogP contribution in [0.25, 0.3) is 11.3 Å². The molecule has 0 unspecified atom stereocenters. The number of nitrogens with two attached hydrogens (primary N) is 1. The summed E-state index contributed by atoms with van der Waals surface area (Å²) in [5.74, 6) is -4.59. The van der Waals surface area contributed by atoms with E-state index in [1.165, 1.54) is 11.3 Å². The van der Waals surface area contributed by atoms with Crippen molar-refractivity contribution in [2.24, 2.45) is 17.6 Å². The van der Waals surface area contributed by atoms with Crippen LogP contribution in [0.2, 0.25) is 5.02 Å². The van der Waals surface area contributed by atoms with E-state index in [1.54, 1.807) is 17.5 Å². The lowest BCUT2D eigenvalue weighted by molar-refractivity contribution is -0.140. The molecule has 1 aromatic carbocycles. The number of imide groups is 1. The van der Waals surface area contributed by atoms with E-state index in [9.17, 15) is 32.0 Å². The number of fused-ring (bicyclic) bond motifs is 1. The zero-order valence-electron chi connectivity index (χ0n) is 18.3. The van der Waals surface area contributed by atoms with Crippen molar-refractivity contribution < 1.29 is 46.4 Å². The van der Waals surface area contributed by atoms with E-state index in [4.69, 9.17) is 31.7 Å². The van der Waals surface area contributed by atoms with Gasteiger partial charge in [0, 0.05) is 11.5 Å². The van der Waals surface area contributed by atoms with Crippen LogP contribution in [-0.2, 0) is 29.2 Å². The first kappa shape index (κ1) is 27.3. The molecule has 1 fully saturated rings. The molecule has 11 nitrogen and oxygen atoms in total. The van der Waals surface area contributed by atoms with Gasteiger partial charge in [0.1, 0.15) is 12.4 Å². The van der Waals surface area contributed by atoms with Gasteiger partial charge in [-0.3, -0.25) is 18.9 Å². The molecule has 2 heterocycles. The fourth-order valence-electron chi connectivity index (χ4n) is 3.44. The Kier molecular flexibility index (Phi) is 7.83. The van der Waals surface area contributed by atoms with Crippen LogP contribution in [0.4, 0.5) is 14.9 Å². The van der Waals surface area contributed by atoms with Gasteiger partial charge in [0.2, 0.25) is 0 Å². The SMILES string of the molecule is CS(=O)(=O)O.NC(=O)N1C(=O)C(=C(OCC(=O)[C@@H]2C[C@H]2C(=O)O)c2cccs2)c2cc(F)c(Cl)cc21. The Morgan fingerprint density at radius 2 is 1.94 bits per heavy atom. The Balaban J connectivity index is 0.000000658. The van der Waals surface area contributed by atoms with Crippen LogP contribution in [0.5, 0.6) is 0 Å². The molecule has 36 heavy (non-hydrogen) atoms. The van der Waals surface area contributed by atoms with E-state index in [2.05, 4.69) is 0 Å². The number of carboxylic acid groups (broad SMARTS) is 1. The number of benzene rings is 1. The zero-order chi connectivity index (χ0) is 26.9. The first-order valence-electron chi connectivity index (χ1n) is 9.93. The number of amides is 3. The smallest absolute Gasteiger partial charge is 0.326 e. The highest BCUT2D eigenvalue weighted by Gasteiger charge is 2.48. The number of carbonyl (C=O) groups is 4. The Bertz CT molecular complexity index is 1380. The molecule has 4 N–H and O–H groups in total. The van der Waals surface area contributed by atoms with Crippen molar-refractivity contribution in [1.82, 2.24) is 0 Å². The third-order valence-corrected chi connectivity index (χ3v) is 6.20. The average Bonchev–Trinajstić information content (AvgIpc) is 3.29. The second-order valence-electron chi connectivity index (χ2n) is 7.72. The van der Waals surface area contributed by atoms with Crippen molar-refractivity contribution in [1.29, 1.82) is 0 Å². The number of ketones is 1. The quantitative estimate of drug-likeness (QED) is 0.272. The fourth-order valence-corrected chi connectivity index (χ4v) is 4.33. The highest BCUT2D eigenvalue weighted by atomic mass is 35.5. The lowest BCUT2D eigenvalue weighted by Gasteiger charge is -2.13. The van der Waals surface area contributed by atoms with Crippen molar-refractivity contribution in [2.45, 2.75) is 6.42 Å². The molecule has 0 spiro atoms. The molecule has 192 valence electrons. The van der Waals surface area contributed by atoms with Crippen LogP contribution in [0.15, 0.2) is 29.6 Å². The van der Waals surface area contributed by atoms with Gasteiger partial charge < -0.3 is 15.6 Å². The number of hydrogen-bond acceptors (Lipinski definition) is 8. The molecule has 1 aromatic heterocycles. The molecule has 2 atom stereocenters. The summed E-state index contributed by atoms with van der Waals surface area (Å²) in [4.78, 5) is 49.4. The Morgan fingerprint density at radius 1 is 1.31 bits per heavy atom. The number of anilines is 1. The van der Waals surface area contributed by atoms with Crippen molar-refractivity contribution in [3.05, 3.63) is 50.9 Å². The van der Waals surface area contributed by atoms with E-state index < -0.39 is 58.1 Å². The lowest BCUT2D eigenvalue weighted by atomic mass is 10.0. The fraction of sp³-hybridized carbons (Fsp3) is 0.238. The molecule has 15 heteroatoms. The van der Waals surface area contributed by atoms with Gasteiger partial charge in [-0.05, 0) is 30.0 Å². The minimum Gasteiger partial charge on any atom is -0.483 e. The maximum absolute atomic E-state index is 14.2. The second-order valence-corrected chi connectivity index (χ2v) is 10.5. The van der Waals surface area contributed by atoms with Crippen molar-refractivity contribution in [3.63, 3.8) is 0 Å². The number of hydrogen-bond donors (Lipinski definition) is 3. The molecule has 4 rings (SSSR count). The monoisotopic (exact) mass is 560 g/mol. The maximum atomic E-state index is 14.2. The van der Waals surface area contributed by atoms with Crippen LogP contribution >= 0.6 is 22.9 Å². The summed E-state index contributed by atoms with van der Waals surface area (Å²) in [6.07, 6.45) is 0.941. The Labute approximate surface area is 212 Å². The number of thiophene rings is 1. The van der Waals surface area contributed by atoms with E-state index in [-0.39, 0.29) is 34.0 Å². The number of carbonyl (C=O) groups excluding carboxylic acids is 3. The lowest BCUT2D eigenvalue weighted by Crippen LogP contribution is -2.38. The number of halogens is 2. The molecule has 0 bridgehead atoms. The number of nitrogens with zero attached hydrogens (tertiary/aromatic N) is 1. The van der Waals surface area contributed by atoms with Gasteiger partial charge in [-0.25, -0.2) is 14.1 Å². The first-order valence-corrected chi connectivity index (χ1v) is 13.0. The van der Waals surface area contributed by atoms with Crippen LogP contribution in [0, 0.1) is 17.7 Å². The topological polar surface area (TPSA) is 181 Å². The summed E-state index contributed by atoms with van der Waals surface area (Å²) < 4.78 is 45.8. The maximum Gasteiger partial charge on any atom is 0.326 e. The predicted molar refractivity (Wildman–Crippen MR) is 127 cm³/mol. The number of carboxylic acids is 1. The predicted octanol–water partition coefficient (Wildman–Crippen LogP) is 2.64. The van der Waals surface area contributed by atoms with Crippen LogP contribution in [0.1, 0.15) is 16.9 Å². The van der Waals surface area contributed by atoms with Crippen LogP contribution in [0.3, 0.4) is 0 Å². The van der Waals surface area contributed by atoms with E-state index in [0.29, 0.717) is 16.0 Å². The minimum absolute atomic E-state index is 0.00369. The number of primary amides is 1. The molecule has 1 saturated carbocycles. The molecule has 3 amide bonds.